The zero-order valence-corrected chi connectivity index (χ0v) is 10.1. The van der Waals surface area contributed by atoms with Crippen LogP contribution < -0.4 is 0 Å². The Morgan fingerprint density at radius 2 is 2.19 bits per heavy atom. The van der Waals surface area contributed by atoms with Gasteiger partial charge in [-0.15, -0.1) is 0 Å². The van der Waals surface area contributed by atoms with E-state index in [0.717, 1.165) is 0 Å². The minimum absolute atomic E-state index is 0.176. The Labute approximate surface area is 99.6 Å². The lowest BCUT2D eigenvalue weighted by Gasteiger charge is -2.04. The van der Waals surface area contributed by atoms with E-state index in [0.29, 0.717) is 21.9 Å². The van der Waals surface area contributed by atoms with Crippen LogP contribution in [0.2, 0.25) is 0 Å². The molecule has 3 nitrogen and oxygen atoms in total. The van der Waals surface area contributed by atoms with Crippen LogP contribution in [0, 0.1) is 5.82 Å². The number of aromatic nitrogens is 1. The highest BCUT2D eigenvalue weighted by atomic mass is 79.9. The molecule has 5 heteroatoms. The van der Waals surface area contributed by atoms with Crippen molar-refractivity contribution in [3.63, 3.8) is 0 Å². The van der Waals surface area contributed by atoms with Gasteiger partial charge < -0.3 is 9.67 Å². The summed E-state index contributed by atoms with van der Waals surface area (Å²) in [5.41, 5.74) is 0.774. The predicted octanol–water partition coefficient (Wildman–Crippen LogP) is 3.26. The van der Waals surface area contributed by atoms with Crippen molar-refractivity contribution in [3.05, 3.63) is 34.2 Å². The first-order chi connectivity index (χ1) is 7.54. The van der Waals surface area contributed by atoms with Crippen molar-refractivity contribution in [1.82, 2.24) is 4.57 Å². The summed E-state index contributed by atoms with van der Waals surface area (Å²) in [4.78, 5) is 11.0. The lowest BCUT2D eigenvalue weighted by atomic mass is 10.2. The zero-order valence-electron chi connectivity index (χ0n) is 8.50. The number of carboxylic acid groups (broad SMARTS) is 1. The second-order valence-corrected chi connectivity index (χ2v) is 4.26. The van der Waals surface area contributed by atoms with Crippen LogP contribution in [0.4, 0.5) is 4.39 Å². The fraction of sp³-hybridized carbons (Fsp3) is 0.182. The van der Waals surface area contributed by atoms with Crippen molar-refractivity contribution in [3.8, 4) is 0 Å². The third-order valence-electron chi connectivity index (χ3n) is 2.48. The normalized spacial score (nSPS) is 10.9. The Morgan fingerprint density at radius 1 is 1.50 bits per heavy atom. The molecule has 0 amide bonds. The third-order valence-corrected chi connectivity index (χ3v) is 3.09. The minimum Gasteiger partial charge on any atom is -0.477 e. The molecule has 0 unspecified atom stereocenters. The van der Waals surface area contributed by atoms with Gasteiger partial charge in [0.1, 0.15) is 11.5 Å². The number of benzene rings is 1. The minimum atomic E-state index is -1.01. The summed E-state index contributed by atoms with van der Waals surface area (Å²) in [5, 5.41) is 9.73. The van der Waals surface area contributed by atoms with E-state index in [1.54, 1.807) is 16.7 Å². The molecular weight excluding hydrogens is 277 g/mol. The fourth-order valence-corrected chi connectivity index (χ4v) is 2.14. The van der Waals surface area contributed by atoms with Crippen molar-refractivity contribution in [2.45, 2.75) is 13.5 Å². The Bertz CT molecular complexity index is 577. The molecule has 0 saturated heterocycles. The van der Waals surface area contributed by atoms with Gasteiger partial charge in [0.15, 0.2) is 0 Å². The van der Waals surface area contributed by atoms with E-state index in [1.165, 1.54) is 6.07 Å². The Morgan fingerprint density at radius 3 is 2.75 bits per heavy atom. The summed E-state index contributed by atoms with van der Waals surface area (Å²) in [6.07, 6.45) is 0. The van der Waals surface area contributed by atoms with E-state index in [2.05, 4.69) is 15.9 Å². The molecule has 84 valence electrons. The molecule has 0 aliphatic rings. The molecule has 0 fully saturated rings. The van der Waals surface area contributed by atoms with Crippen LogP contribution in [0.25, 0.3) is 10.9 Å². The molecule has 1 N–H and O–H groups in total. The predicted molar refractivity (Wildman–Crippen MR) is 62.2 cm³/mol. The SMILES string of the molecule is CCn1c(C(=O)O)cc2cc(Br)c(F)cc21. The Kier molecular flexibility index (Phi) is 2.71. The smallest absolute Gasteiger partial charge is 0.352 e. The van der Waals surface area contributed by atoms with Gasteiger partial charge in [-0.25, -0.2) is 9.18 Å². The van der Waals surface area contributed by atoms with E-state index in [4.69, 9.17) is 5.11 Å². The summed E-state index contributed by atoms with van der Waals surface area (Å²) in [7, 11) is 0. The molecule has 0 aliphatic heterocycles. The standard InChI is InChI=1S/C11H9BrFNO2/c1-2-14-9-5-8(13)7(12)3-6(9)4-10(14)11(15)16/h3-5H,2H2,1H3,(H,15,16). The van der Waals surface area contributed by atoms with E-state index >= 15 is 0 Å². The van der Waals surface area contributed by atoms with E-state index in [9.17, 15) is 9.18 Å². The molecule has 2 rings (SSSR count). The highest BCUT2D eigenvalue weighted by Crippen LogP contribution is 2.26. The maximum Gasteiger partial charge on any atom is 0.352 e. The van der Waals surface area contributed by atoms with Crippen LogP contribution in [0.5, 0.6) is 0 Å². The van der Waals surface area contributed by atoms with Gasteiger partial charge in [0, 0.05) is 11.9 Å². The van der Waals surface area contributed by atoms with Crippen LogP contribution in [0.15, 0.2) is 22.7 Å². The molecule has 0 aliphatic carbocycles. The quantitative estimate of drug-likeness (QED) is 0.920. The Balaban J connectivity index is 2.82. The van der Waals surface area contributed by atoms with Crippen molar-refractivity contribution >= 4 is 32.8 Å². The molecule has 1 aromatic heterocycles. The van der Waals surface area contributed by atoms with Crippen LogP contribution in [0.1, 0.15) is 17.4 Å². The van der Waals surface area contributed by atoms with Gasteiger partial charge in [0.05, 0.1) is 9.99 Å². The van der Waals surface area contributed by atoms with Gasteiger partial charge in [-0.3, -0.25) is 0 Å². The molecule has 0 spiro atoms. The molecule has 1 heterocycles. The lowest BCUT2D eigenvalue weighted by Crippen LogP contribution is -2.06. The summed E-state index contributed by atoms with van der Waals surface area (Å²) in [6, 6.07) is 4.48. The summed E-state index contributed by atoms with van der Waals surface area (Å²) in [5.74, 6) is -1.40. The van der Waals surface area contributed by atoms with Gasteiger partial charge in [-0.05, 0) is 41.1 Å². The monoisotopic (exact) mass is 285 g/mol. The number of aryl methyl sites for hydroxylation is 1. The lowest BCUT2D eigenvalue weighted by molar-refractivity contribution is 0.0686. The Hall–Kier alpha value is -1.36. The summed E-state index contributed by atoms with van der Waals surface area (Å²) < 4.78 is 15.3. The van der Waals surface area contributed by atoms with Crippen molar-refractivity contribution < 1.29 is 14.3 Å². The van der Waals surface area contributed by atoms with Crippen LogP contribution in [-0.2, 0) is 6.54 Å². The second kappa shape index (κ2) is 3.90. The molecule has 0 saturated carbocycles. The number of hydrogen-bond donors (Lipinski definition) is 1. The fourth-order valence-electron chi connectivity index (χ4n) is 1.77. The van der Waals surface area contributed by atoms with Crippen molar-refractivity contribution in [2.75, 3.05) is 0 Å². The number of fused-ring (bicyclic) bond motifs is 1. The maximum atomic E-state index is 13.4. The molecule has 2 aromatic rings. The maximum absolute atomic E-state index is 13.4. The van der Waals surface area contributed by atoms with E-state index in [-0.39, 0.29) is 5.69 Å². The van der Waals surface area contributed by atoms with Crippen LogP contribution >= 0.6 is 15.9 Å². The number of carboxylic acids is 1. The van der Waals surface area contributed by atoms with Gasteiger partial charge >= 0.3 is 5.97 Å². The number of hydrogen-bond acceptors (Lipinski definition) is 1. The third kappa shape index (κ3) is 1.61. The van der Waals surface area contributed by atoms with Gasteiger partial charge in [0.2, 0.25) is 0 Å². The topological polar surface area (TPSA) is 42.2 Å². The number of carbonyl (C=O) groups is 1. The van der Waals surface area contributed by atoms with Gasteiger partial charge in [-0.1, -0.05) is 0 Å². The number of halogens is 2. The molecule has 16 heavy (non-hydrogen) atoms. The first kappa shape index (κ1) is 11.1. The van der Waals surface area contributed by atoms with E-state index in [1.807, 2.05) is 6.92 Å². The van der Waals surface area contributed by atoms with Crippen molar-refractivity contribution in [2.24, 2.45) is 0 Å². The first-order valence-electron chi connectivity index (χ1n) is 4.76. The molecular formula is C11H9BrFNO2. The summed E-state index contributed by atoms with van der Waals surface area (Å²) >= 11 is 3.08. The molecule has 0 radical (unpaired) electrons. The second-order valence-electron chi connectivity index (χ2n) is 3.40. The van der Waals surface area contributed by atoms with Gasteiger partial charge in [-0.2, -0.15) is 0 Å². The van der Waals surface area contributed by atoms with Crippen LogP contribution in [-0.4, -0.2) is 15.6 Å². The zero-order chi connectivity index (χ0) is 11.9. The largest absolute Gasteiger partial charge is 0.477 e. The highest BCUT2D eigenvalue weighted by molar-refractivity contribution is 9.10. The molecule has 0 bridgehead atoms. The highest BCUT2D eigenvalue weighted by Gasteiger charge is 2.15. The molecule has 0 atom stereocenters. The van der Waals surface area contributed by atoms with Crippen LogP contribution in [0.3, 0.4) is 0 Å². The number of rotatable bonds is 2. The summed E-state index contributed by atoms with van der Waals surface area (Å²) in [6.45, 7) is 2.32. The average Bonchev–Trinajstić information content (AvgIpc) is 2.57. The number of nitrogens with zero attached hydrogens (tertiary/aromatic N) is 1. The average molecular weight is 286 g/mol. The van der Waals surface area contributed by atoms with Crippen molar-refractivity contribution in [1.29, 1.82) is 0 Å². The first-order valence-corrected chi connectivity index (χ1v) is 5.55. The number of aromatic carboxylic acids is 1. The van der Waals surface area contributed by atoms with Gasteiger partial charge in [0.25, 0.3) is 0 Å². The van der Waals surface area contributed by atoms with E-state index < -0.39 is 11.8 Å². The molecule has 1 aromatic carbocycles.